The monoisotopic (exact) mass is 325 g/mol. The third-order valence-electron chi connectivity index (χ3n) is 4.15. The number of amides is 2. The lowest BCUT2D eigenvalue weighted by molar-refractivity contribution is -0.128. The van der Waals surface area contributed by atoms with Gasteiger partial charge >= 0.3 is 0 Å². The van der Waals surface area contributed by atoms with Gasteiger partial charge in [-0.3, -0.25) is 9.59 Å². The van der Waals surface area contributed by atoms with Crippen LogP contribution in [-0.2, 0) is 9.59 Å². The van der Waals surface area contributed by atoms with E-state index in [-0.39, 0.29) is 30.1 Å². The topological polar surface area (TPSA) is 75.4 Å². The highest BCUT2D eigenvalue weighted by Gasteiger charge is 2.34. The Labute approximate surface area is 137 Å². The molecule has 3 atom stereocenters. The Morgan fingerprint density at radius 3 is 2.64 bits per heavy atom. The fourth-order valence-corrected chi connectivity index (χ4v) is 2.46. The molecule has 0 bridgehead atoms. The summed E-state index contributed by atoms with van der Waals surface area (Å²) in [5, 5.41) is 2.79. The van der Waals surface area contributed by atoms with Gasteiger partial charge in [0.05, 0.1) is 6.04 Å². The quantitative estimate of drug-likeness (QED) is 0.865. The molecule has 6 heteroatoms. The normalized spacial score (nSPS) is 20.2. The summed E-state index contributed by atoms with van der Waals surface area (Å²) in [6, 6.07) is 8.47. The van der Waals surface area contributed by atoms with Gasteiger partial charge in [-0.1, -0.05) is 38.5 Å². The molecule has 2 rings (SSSR count). The van der Waals surface area contributed by atoms with Crippen molar-refractivity contribution in [1.82, 2.24) is 5.32 Å². The van der Waals surface area contributed by atoms with E-state index >= 15 is 0 Å². The zero-order chi connectivity index (χ0) is 15.4. The Morgan fingerprint density at radius 1 is 1.41 bits per heavy atom. The number of halogens is 1. The first-order chi connectivity index (χ1) is 10.0. The van der Waals surface area contributed by atoms with Crippen LogP contribution in [0.3, 0.4) is 0 Å². The molecule has 122 valence electrons. The number of hydrogen-bond acceptors (Lipinski definition) is 3. The third-order valence-corrected chi connectivity index (χ3v) is 4.15. The van der Waals surface area contributed by atoms with Gasteiger partial charge in [-0.25, -0.2) is 0 Å². The van der Waals surface area contributed by atoms with E-state index in [9.17, 15) is 9.59 Å². The summed E-state index contributed by atoms with van der Waals surface area (Å²) >= 11 is 0. The number of hydrogen-bond donors (Lipinski definition) is 2. The molecule has 1 heterocycles. The van der Waals surface area contributed by atoms with Crippen LogP contribution in [0.2, 0.25) is 0 Å². The molecule has 1 fully saturated rings. The summed E-state index contributed by atoms with van der Waals surface area (Å²) in [6.07, 6.45) is 1.45. The van der Waals surface area contributed by atoms with Crippen LogP contribution in [0.1, 0.15) is 26.7 Å². The Morgan fingerprint density at radius 2 is 2.05 bits per heavy atom. The smallest absolute Gasteiger partial charge is 0.249 e. The van der Waals surface area contributed by atoms with E-state index in [1.54, 1.807) is 4.90 Å². The molecule has 1 aromatic carbocycles. The lowest BCUT2D eigenvalue weighted by Gasteiger charge is -2.21. The second-order valence-corrected chi connectivity index (χ2v) is 5.59. The second kappa shape index (κ2) is 8.15. The summed E-state index contributed by atoms with van der Waals surface area (Å²) in [5.41, 5.74) is 6.77. The molecule has 3 N–H and O–H groups in total. The number of nitrogens with one attached hydrogen (secondary N) is 1. The van der Waals surface area contributed by atoms with Crippen LogP contribution in [0, 0.1) is 5.92 Å². The molecule has 0 aromatic heterocycles. The molecule has 1 saturated heterocycles. The van der Waals surface area contributed by atoms with Crippen molar-refractivity contribution in [2.75, 3.05) is 11.4 Å². The zero-order valence-corrected chi connectivity index (χ0v) is 13.8. The van der Waals surface area contributed by atoms with E-state index in [0.717, 1.165) is 12.1 Å². The molecule has 1 aliphatic rings. The second-order valence-electron chi connectivity index (χ2n) is 5.59. The van der Waals surface area contributed by atoms with Gasteiger partial charge < -0.3 is 16.0 Å². The van der Waals surface area contributed by atoms with Crippen molar-refractivity contribution >= 4 is 29.9 Å². The number of rotatable bonds is 5. The van der Waals surface area contributed by atoms with Crippen molar-refractivity contribution in [3.63, 3.8) is 0 Å². The van der Waals surface area contributed by atoms with E-state index in [1.807, 2.05) is 44.2 Å². The lowest BCUT2D eigenvalue weighted by atomic mass is 9.99. The number of para-hydroxylation sites is 1. The van der Waals surface area contributed by atoms with Gasteiger partial charge in [-0.15, -0.1) is 12.4 Å². The SMILES string of the molecule is CCC(C)C(N)C(=O)NC1CCN(c2ccccc2)C1=O.Cl. The minimum Gasteiger partial charge on any atom is -0.343 e. The minimum atomic E-state index is -0.562. The van der Waals surface area contributed by atoms with E-state index in [4.69, 9.17) is 5.73 Å². The first kappa shape index (κ1) is 18.5. The molecule has 3 unspecified atom stereocenters. The van der Waals surface area contributed by atoms with Gasteiger partial charge in [0, 0.05) is 12.2 Å². The number of anilines is 1. The maximum Gasteiger partial charge on any atom is 0.249 e. The number of nitrogens with zero attached hydrogens (tertiary/aromatic N) is 1. The van der Waals surface area contributed by atoms with Gasteiger partial charge in [0.25, 0.3) is 0 Å². The molecule has 0 saturated carbocycles. The first-order valence-corrected chi connectivity index (χ1v) is 7.47. The Kier molecular flexibility index (Phi) is 6.84. The Balaban J connectivity index is 0.00000242. The van der Waals surface area contributed by atoms with E-state index < -0.39 is 12.1 Å². The average molecular weight is 326 g/mol. The predicted octanol–water partition coefficient (Wildman–Crippen LogP) is 1.70. The maximum absolute atomic E-state index is 12.4. The molecular weight excluding hydrogens is 302 g/mol. The zero-order valence-electron chi connectivity index (χ0n) is 13.0. The molecule has 1 aromatic rings. The molecule has 2 amide bonds. The lowest BCUT2D eigenvalue weighted by Crippen LogP contribution is -2.50. The summed E-state index contributed by atoms with van der Waals surface area (Å²) in [4.78, 5) is 26.2. The van der Waals surface area contributed by atoms with E-state index in [1.165, 1.54) is 0 Å². The molecule has 0 spiro atoms. The predicted molar refractivity (Wildman–Crippen MR) is 90.0 cm³/mol. The van der Waals surface area contributed by atoms with Crippen LogP contribution in [0.25, 0.3) is 0 Å². The first-order valence-electron chi connectivity index (χ1n) is 7.47. The van der Waals surface area contributed by atoms with Gasteiger partial charge in [0.1, 0.15) is 6.04 Å². The summed E-state index contributed by atoms with van der Waals surface area (Å²) < 4.78 is 0. The van der Waals surface area contributed by atoms with Gasteiger partial charge in [0.2, 0.25) is 11.8 Å². The van der Waals surface area contributed by atoms with Crippen molar-refractivity contribution < 1.29 is 9.59 Å². The highest BCUT2D eigenvalue weighted by molar-refractivity contribution is 6.01. The van der Waals surface area contributed by atoms with E-state index in [2.05, 4.69) is 5.32 Å². The van der Waals surface area contributed by atoms with Crippen LogP contribution < -0.4 is 16.0 Å². The molecule has 0 radical (unpaired) electrons. The van der Waals surface area contributed by atoms with Crippen molar-refractivity contribution in [3.8, 4) is 0 Å². The summed E-state index contributed by atoms with van der Waals surface area (Å²) in [5.74, 6) is -0.199. The maximum atomic E-state index is 12.4. The van der Waals surface area contributed by atoms with Gasteiger partial charge in [-0.05, 0) is 24.5 Å². The number of nitrogens with two attached hydrogens (primary N) is 1. The van der Waals surface area contributed by atoms with Crippen LogP contribution in [0.15, 0.2) is 30.3 Å². The molecule has 5 nitrogen and oxygen atoms in total. The Hall–Kier alpha value is -1.59. The van der Waals surface area contributed by atoms with Crippen molar-refractivity contribution in [3.05, 3.63) is 30.3 Å². The summed E-state index contributed by atoms with van der Waals surface area (Å²) in [7, 11) is 0. The van der Waals surface area contributed by atoms with Gasteiger partial charge in [0.15, 0.2) is 0 Å². The standard InChI is InChI=1S/C16H23N3O2.ClH/c1-3-11(2)14(17)15(20)18-13-9-10-19(16(13)21)12-7-5-4-6-8-12;/h4-8,11,13-14H,3,9-10,17H2,1-2H3,(H,18,20);1H. The molecule has 0 aliphatic carbocycles. The summed E-state index contributed by atoms with van der Waals surface area (Å²) in [6.45, 7) is 4.55. The van der Waals surface area contributed by atoms with Gasteiger partial charge in [-0.2, -0.15) is 0 Å². The van der Waals surface area contributed by atoms with E-state index in [0.29, 0.717) is 13.0 Å². The molecular formula is C16H24ClN3O2. The fourth-order valence-electron chi connectivity index (χ4n) is 2.46. The largest absolute Gasteiger partial charge is 0.343 e. The highest BCUT2D eigenvalue weighted by Crippen LogP contribution is 2.21. The number of carbonyl (C=O) groups excluding carboxylic acids is 2. The number of carbonyl (C=O) groups is 2. The van der Waals surface area contributed by atoms with Crippen LogP contribution in [0.5, 0.6) is 0 Å². The fraction of sp³-hybridized carbons (Fsp3) is 0.500. The Bertz CT molecular complexity index is 509. The number of benzene rings is 1. The van der Waals surface area contributed by atoms with Crippen molar-refractivity contribution in [2.24, 2.45) is 11.7 Å². The van der Waals surface area contributed by atoms with Crippen molar-refractivity contribution in [2.45, 2.75) is 38.8 Å². The van der Waals surface area contributed by atoms with Crippen LogP contribution in [-0.4, -0.2) is 30.4 Å². The van der Waals surface area contributed by atoms with Crippen LogP contribution in [0.4, 0.5) is 5.69 Å². The van der Waals surface area contributed by atoms with Crippen LogP contribution >= 0.6 is 12.4 Å². The third kappa shape index (κ3) is 3.99. The molecule has 1 aliphatic heterocycles. The molecule has 22 heavy (non-hydrogen) atoms. The van der Waals surface area contributed by atoms with Crippen molar-refractivity contribution in [1.29, 1.82) is 0 Å². The highest BCUT2D eigenvalue weighted by atomic mass is 35.5. The average Bonchev–Trinajstić information content (AvgIpc) is 2.87. The minimum absolute atomic E-state index is 0.